The minimum atomic E-state index is 0.0383. The first-order chi connectivity index (χ1) is 8.49. The van der Waals surface area contributed by atoms with Crippen molar-refractivity contribution in [3.05, 3.63) is 39.5 Å². The molecule has 2 aromatic rings. The molecule has 0 unspecified atom stereocenters. The van der Waals surface area contributed by atoms with Gasteiger partial charge in [-0.2, -0.15) is 4.37 Å². The quantitative estimate of drug-likeness (QED) is 0.847. The van der Waals surface area contributed by atoms with Gasteiger partial charge in [-0.25, -0.2) is 0 Å². The molecule has 0 saturated heterocycles. The van der Waals surface area contributed by atoms with Crippen LogP contribution in [-0.2, 0) is 0 Å². The monoisotopic (exact) mass is 324 g/mol. The van der Waals surface area contributed by atoms with Gasteiger partial charge in [0.05, 0.1) is 11.3 Å². The molecule has 0 amide bonds. The third-order valence-corrected chi connectivity index (χ3v) is 4.01. The van der Waals surface area contributed by atoms with Gasteiger partial charge in [-0.05, 0) is 50.0 Å². The van der Waals surface area contributed by atoms with Crippen molar-refractivity contribution in [2.24, 2.45) is 0 Å². The number of carbonyl (C=O) groups excluding carboxylic acids is 1. The van der Waals surface area contributed by atoms with E-state index in [-0.39, 0.29) is 5.78 Å². The van der Waals surface area contributed by atoms with Crippen molar-refractivity contribution in [3.63, 3.8) is 0 Å². The molecule has 0 aliphatic rings. The third-order valence-electron chi connectivity index (χ3n) is 2.66. The van der Waals surface area contributed by atoms with Crippen LogP contribution in [-0.4, -0.2) is 10.2 Å². The lowest BCUT2D eigenvalue weighted by Crippen LogP contribution is -1.99. The minimum absolute atomic E-state index is 0.0383. The van der Waals surface area contributed by atoms with Gasteiger partial charge in [0.25, 0.3) is 0 Å². The highest BCUT2D eigenvalue weighted by molar-refractivity contribution is 9.10. The highest BCUT2D eigenvalue weighted by atomic mass is 79.9. The van der Waals surface area contributed by atoms with E-state index >= 15 is 0 Å². The molecule has 1 N–H and O–H groups in total. The summed E-state index contributed by atoms with van der Waals surface area (Å²) in [4.78, 5) is 11.6. The molecular weight excluding hydrogens is 312 g/mol. The number of carbonyl (C=O) groups is 1. The van der Waals surface area contributed by atoms with Crippen LogP contribution in [0.25, 0.3) is 0 Å². The van der Waals surface area contributed by atoms with Gasteiger partial charge < -0.3 is 5.32 Å². The number of aryl methyl sites for hydroxylation is 2. The molecule has 2 rings (SSSR count). The van der Waals surface area contributed by atoms with Crippen LogP contribution in [0.3, 0.4) is 0 Å². The number of anilines is 2. The number of halogens is 1. The normalized spacial score (nSPS) is 10.4. The van der Waals surface area contributed by atoms with Gasteiger partial charge >= 0.3 is 0 Å². The second kappa shape index (κ2) is 5.20. The maximum Gasteiger partial charge on any atom is 0.164 e. The highest BCUT2D eigenvalue weighted by Gasteiger charge is 2.15. The summed E-state index contributed by atoms with van der Waals surface area (Å²) in [6, 6.07) is 6.01. The largest absolute Gasteiger partial charge is 0.345 e. The summed E-state index contributed by atoms with van der Waals surface area (Å²) in [5.74, 6) is 0.0383. The van der Waals surface area contributed by atoms with Crippen molar-refractivity contribution in [1.29, 1.82) is 0 Å². The summed E-state index contributed by atoms with van der Waals surface area (Å²) in [5.41, 5.74) is 3.57. The van der Waals surface area contributed by atoms with Gasteiger partial charge in [0.15, 0.2) is 5.78 Å². The first kappa shape index (κ1) is 13.2. The van der Waals surface area contributed by atoms with Crippen molar-refractivity contribution >= 4 is 43.9 Å². The fraction of sp³-hybridized carbons (Fsp3) is 0.231. The number of ketones is 1. The molecule has 0 fully saturated rings. The lowest BCUT2D eigenvalue weighted by atomic mass is 10.1. The molecule has 5 heteroatoms. The predicted octanol–water partition coefficient (Wildman–Crippen LogP) is 4.47. The smallest absolute Gasteiger partial charge is 0.164 e. The van der Waals surface area contributed by atoms with E-state index in [1.165, 1.54) is 11.5 Å². The Kier molecular flexibility index (Phi) is 3.82. The molecule has 0 spiro atoms. The van der Waals surface area contributed by atoms with E-state index in [0.29, 0.717) is 5.56 Å². The molecule has 94 valence electrons. The topological polar surface area (TPSA) is 42.0 Å². The van der Waals surface area contributed by atoms with Gasteiger partial charge in [0, 0.05) is 10.2 Å². The van der Waals surface area contributed by atoms with Crippen LogP contribution in [0.5, 0.6) is 0 Å². The van der Waals surface area contributed by atoms with Crippen LogP contribution in [0.2, 0.25) is 0 Å². The molecular formula is C13H13BrN2OS. The van der Waals surface area contributed by atoms with Crippen LogP contribution in [0.1, 0.15) is 28.5 Å². The van der Waals surface area contributed by atoms with Gasteiger partial charge in [-0.3, -0.25) is 4.79 Å². The van der Waals surface area contributed by atoms with Crippen LogP contribution >= 0.6 is 27.5 Å². The lowest BCUT2D eigenvalue weighted by Gasteiger charge is -2.09. The summed E-state index contributed by atoms with van der Waals surface area (Å²) < 4.78 is 5.23. The summed E-state index contributed by atoms with van der Waals surface area (Å²) in [6.45, 7) is 5.44. The minimum Gasteiger partial charge on any atom is -0.345 e. The van der Waals surface area contributed by atoms with Crippen molar-refractivity contribution in [2.45, 2.75) is 20.8 Å². The number of hydrogen-bond donors (Lipinski definition) is 1. The van der Waals surface area contributed by atoms with Crippen LogP contribution < -0.4 is 5.32 Å². The van der Waals surface area contributed by atoms with Crippen LogP contribution in [0, 0.1) is 13.8 Å². The Hall–Kier alpha value is -1.20. The Balaban J connectivity index is 2.40. The van der Waals surface area contributed by atoms with Crippen molar-refractivity contribution in [2.75, 3.05) is 5.32 Å². The second-order valence-electron chi connectivity index (χ2n) is 4.11. The molecule has 0 saturated carbocycles. The molecule has 1 aromatic carbocycles. The highest BCUT2D eigenvalue weighted by Crippen LogP contribution is 2.31. The molecule has 0 aliphatic carbocycles. The fourth-order valence-corrected chi connectivity index (χ4v) is 2.94. The molecule has 0 radical (unpaired) electrons. The predicted molar refractivity (Wildman–Crippen MR) is 79.0 cm³/mol. The van der Waals surface area contributed by atoms with Gasteiger partial charge in [-0.15, -0.1) is 0 Å². The maximum absolute atomic E-state index is 11.6. The number of nitrogens with one attached hydrogen (secondary N) is 1. The number of aromatic nitrogens is 1. The fourth-order valence-electron chi connectivity index (χ4n) is 1.72. The summed E-state index contributed by atoms with van der Waals surface area (Å²) in [7, 11) is 0. The SMILES string of the molecule is CC(=O)c1c(C)nsc1Nc1cc(Br)ccc1C. The molecule has 0 bridgehead atoms. The maximum atomic E-state index is 11.6. The number of rotatable bonds is 3. The first-order valence-corrected chi connectivity index (χ1v) is 7.06. The van der Waals surface area contributed by atoms with Gasteiger partial charge in [0.1, 0.15) is 5.00 Å². The van der Waals surface area contributed by atoms with E-state index in [1.54, 1.807) is 6.92 Å². The van der Waals surface area contributed by atoms with Crippen molar-refractivity contribution < 1.29 is 4.79 Å². The Morgan fingerprint density at radius 1 is 1.39 bits per heavy atom. The van der Waals surface area contributed by atoms with E-state index in [2.05, 4.69) is 25.6 Å². The van der Waals surface area contributed by atoms with Crippen LogP contribution in [0.4, 0.5) is 10.7 Å². The number of hydrogen-bond acceptors (Lipinski definition) is 4. The second-order valence-corrected chi connectivity index (χ2v) is 5.80. The van der Waals surface area contributed by atoms with Crippen molar-refractivity contribution in [1.82, 2.24) is 4.37 Å². The average Bonchev–Trinajstić information content (AvgIpc) is 2.65. The molecule has 1 aromatic heterocycles. The summed E-state index contributed by atoms with van der Waals surface area (Å²) in [6.07, 6.45) is 0. The van der Waals surface area contributed by atoms with E-state index in [0.717, 1.165) is 26.4 Å². The standard InChI is InChI=1S/C13H13BrN2OS/c1-7-4-5-10(14)6-11(7)15-13-12(9(3)17)8(2)16-18-13/h4-6,15H,1-3H3. The molecule has 0 atom stereocenters. The van der Waals surface area contributed by atoms with E-state index < -0.39 is 0 Å². The molecule has 3 nitrogen and oxygen atoms in total. The number of nitrogens with zero attached hydrogens (tertiary/aromatic N) is 1. The molecule has 0 aliphatic heterocycles. The summed E-state index contributed by atoms with van der Waals surface area (Å²) in [5, 5.41) is 4.10. The first-order valence-electron chi connectivity index (χ1n) is 5.49. The number of Topliss-reactive ketones (excluding diaryl/α,β-unsaturated/α-hetero) is 1. The summed E-state index contributed by atoms with van der Waals surface area (Å²) >= 11 is 4.76. The lowest BCUT2D eigenvalue weighted by molar-refractivity contribution is 0.101. The van der Waals surface area contributed by atoms with E-state index in [1.807, 2.05) is 32.0 Å². The zero-order valence-electron chi connectivity index (χ0n) is 10.4. The zero-order valence-corrected chi connectivity index (χ0v) is 12.8. The Morgan fingerprint density at radius 3 is 2.78 bits per heavy atom. The van der Waals surface area contributed by atoms with Crippen LogP contribution in [0.15, 0.2) is 22.7 Å². The third kappa shape index (κ3) is 2.62. The molecule has 1 heterocycles. The molecule has 18 heavy (non-hydrogen) atoms. The van der Waals surface area contributed by atoms with Gasteiger partial charge in [-0.1, -0.05) is 22.0 Å². The van der Waals surface area contributed by atoms with Gasteiger partial charge in [0.2, 0.25) is 0 Å². The zero-order chi connectivity index (χ0) is 13.3. The van der Waals surface area contributed by atoms with Crippen molar-refractivity contribution in [3.8, 4) is 0 Å². The Morgan fingerprint density at radius 2 is 2.11 bits per heavy atom. The Bertz CT molecular complexity index is 607. The van der Waals surface area contributed by atoms with E-state index in [9.17, 15) is 4.79 Å². The Labute approximate surface area is 119 Å². The number of benzene rings is 1. The van der Waals surface area contributed by atoms with E-state index in [4.69, 9.17) is 0 Å². The average molecular weight is 325 g/mol.